The predicted octanol–water partition coefficient (Wildman–Crippen LogP) is 2.80. The molecule has 9 heteroatoms. The molecule has 0 fully saturated rings. The van der Waals surface area contributed by atoms with E-state index in [4.69, 9.17) is 10.5 Å². The molecule has 2 rings (SSSR count). The normalized spacial score (nSPS) is 10.6. The number of rotatable bonds is 6. The molecule has 0 saturated carbocycles. The van der Waals surface area contributed by atoms with Crippen LogP contribution in [0.3, 0.4) is 0 Å². The zero-order chi connectivity index (χ0) is 20.0. The van der Waals surface area contributed by atoms with Crippen molar-refractivity contribution in [2.75, 3.05) is 20.0 Å². The molecule has 0 radical (unpaired) electrons. The molecule has 1 aromatic heterocycles. The van der Waals surface area contributed by atoms with E-state index in [1.54, 1.807) is 6.07 Å². The maximum atomic E-state index is 13.1. The summed E-state index contributed by atoms with van der Waals surface area (Å²) in [5, 5.41) is 0.0450. The third-order valence-electron chi connectivity index (χ3n) is 3.41. The summed E-state index contributed by atoms with van der Waals surface area (Å²) in [6.45, 7) is -0.394. The van der Waals surface area contributed by atoms with E-state index in [0.29, 0.717) is 5.56 Å². The average molecular weight is 393 g/mol. The Morgan fingerprint density at radius 1 is 1.19 bits per heavy atom. The van der Waals surface area contributed by atoms with Gasteiger partial charge in [-0.25, -0.2) is 18.8 Å². The van der Waals surface area contributed by atoms with Gasteiger partial charge in [-0.15, -0.1) is 11.3 Å². The van der Waals surface area contributed by atoms with Gasteiger partial charge in [-0.3, -0.25) is 0 Å². The number of hydrogen-bond donors (Lipinski definition) is 1. The Kier molecular flexibility index (Phi) is 6.67. The number of halogens is 1. The topological polar surface area (TPSA) is 105 Å². The van der Waals surface area contributed by atoms with Crippen LogP contribution in [0.2, 0.25) is 0 Å². The molecular weight excluding hydrogens is 377 g/mol. The number of nitrogens with two attached hydrogens (primary N) is 1. The van der Waals surface area contributed by atoms with Crippen molar-refractivity contribution < 1.29 is 33.0 Å². The van der Waals surface area contributed by atoms with Crippen molar-refractivity contribution in [1.29, 1.82) is 0 Å². The highest BCUT2D eigenvalue weighted by Crippen LogP contribution is 2.33. The fraction of sp³-hybridized carbons (Fsp3) is 0.167. The third-order valence-corrected chi connectivity index (χ3v) is 4.46. The summed E-state index contributed by atoms with van der Waals surface area (Å²) in [7, 11) is 2.34. The summed E-state index contributed by atoms with van der Waals surface area (Å²) in [4.78, 5) is 35.8. The third kappa shape index (κ3) is 4.91. The molecular formula is C18H16FNO6S. The molecule has 0 saturated heterocycles. The SMILES string of the molecule is COC(=O)c1sc(N)c(C(=O)OC)c1COC(=O)/C=C/c1cccc(F)c1. The zero-order valence-electron chi connectivity index (χ0n) is 14.5. The molecule has 0 aliphatic carbocycles. The molecule has 27 heavy (non-hydrogen) atoms. The summed E-state index contributed by atoms with van der Waals surface area (Å²) in [6, 6.07) is 5.63. The number of hydrogen-bond acceptors (Lipinski definition) is 8. The van der Waals surface area contributed by atoms with Gasteiger partial charge in [0.2, 0.25) is 0 Å². The van der Waals surface area contributed by atoms with Gasteiger partial charge in [0.1, 0.15) is 27.9 Å². The van der Waals surface area contributed by atoms with Crippen LogP contribution in [0.5, 0.6) is 0 Å². The quantitative estimate of drug-likeness (QED) is 0.457. The maximum absolute atomic E-state index is 13.1. The smallest absolute Gasteiger partial charge is 0.348 e. The highest BCUT2D eigenvalue weighted by atomic mass is 32.1. The van der Waals surface area contributed by atoms with Gasteiger partial charge in [0, 0.05) is 11.6 Å². The van der Waals surface area contributed by atoms with Crippen molar-refractivity contribution >= 4 is 40.3 Å². The first-order chi connectivity index (χ1) is 12.9. The van der Waals surface area contributed by atoms with Crippen LogP contribution >= 0.6 is 11.3 Å². The number of anilines is 1. The van der Waals surface area contributed by atoms with E-state index in [1.165, 1.54) is 31.4 Å². The minimum Gasteiger partial charge on any atom is -0.465 e. The molecule has 7 nitrogen and oxygen atoms in total. The van der Waals surface area contributed by atoms with Gasteiger partial charge in [-0.1, -0.05) is 12.1 Å². The Bertz CT molecular complexity index is 905. The second-order valence-electron chi connectivity index (χ2n) is 5.13. The van der Waals surface area contributed by atoms with E-state index in [2.05, 4.69) is 9.47 Å². The minimum absolute atomic E-state index is 0.0392. The molecule has 2 N–H and O–H groups in total. The molecule has 142 valence electrons. The van der Waals surface area contributed by atoms with Crippen molar-refractivity contribution in [2.45, 2.75) is 6.61 Å². The van der Waals surface area contributed by atoms with Crippen LogP contribution in [0.25, 0.3) is 6.08 Å². The first-order valence-electron chi connectivity index (χ1n) is 7.55. The Morgan fingerprint density at radius 3 is 2.52 bits per heavy atom. The fourth-order valence-corrected chi connectivity index (χ4v) is 3.15. The molecule has 0 aliphatic rings. The molecule has 0 bridgehead atoms. The number of methoxy groups -OCH3 is 2. The molecule has 1 heterocycles. The summed E-state index contributed by atoms with van der Waals surface area (Å²) >= 11 is 0.832. The van der Waals surface area contributed by atoms with Crippen molar-refractivity contribution in [3.63, 3.8) is 0 Å². The van der Waals surface area contributed by atoms with Gasteiger partial charge >= 0.3 is 17.9 Å². The van der Waals surface area contributed by atoms with Gasteiger partial charge in [-0.2, -0.15) is 0 Å². The molecule has 0 atom stereocenters. The van der Waals surface area contributed by atoms with Crippen LogP contribution in [0.15, 0.2) is 30.3 Å². The number of benzene rings is 1. The summed E-state index contributed by atoms with van der Waals surface area (Å²) < 4.78 is 27.5. The van der Waals surface area contributed by atoms with E-state index in [1.807, 2.05) is 0 Å². The zero-order valence-corrected chi connectivity index (χ0v) is 15.3. The number of thiophene rings is 1. The number of carbonyl (C=O) groups is 3. The molecule has 1 aromatic carbocycles. The number of esters is 3. The lowest BCUT2D eigenvalue weighted by molar-refractivity contribution is -0.138. The standard InChI is InChI=1S/C18H16FNO6S/c1-24-17(22)14-12(15(18(23)25-2)27-16(14)20)9-26-13(21)7-6-10-4-3-5-11(19)8-10/h3-8H,9,20H2,1-2H3/b7-6+. The van der Waals surface area contributed by atoms with Crippen LogP contribution in [0.1, 0.15) is 31.2 Å². The van der Waals surface area contributed by atoms with E-state index >= 15 is 0 Å². The highest BCUT2D eigenvalue weighted by molar-refractivity contribution is 7.18. The van der Waals surface area contributed by atoms with Gasteiger partial charge < -0.3 is 19.9 Å². The van der Waals surface area contributed by atoms with Gasteiger partial charge in [0.15, 0.2) is 0 Å². The summed E-state index contributed by atoms with van der Waals surface area (Å²) in [6.07, 6.45) is 2.47. The lowest BCUT2D eigenvalue weighted by Crippen LogP contribution is -2.11. The number of carbonyl (C=O) groups excluding carboxylic acids is 3. The van der Waals surface area contributed by atoms with Crippen molar-refractivity contribution in [3.05, 3.63) is 57.7 Å². The predicted molar refractivity (Wildman–Crippen MR) is 96.6 cm³/mol. The highest BCUT2D eigenvalue weighted by Gasteiger charge is 2.27. The first-order valence-corrected chi connectivity index (χ1v) is 8.37. The molecule has 2 aromatic rings. The van der Waals surface area contributed by atoms with E-state index < -0.39 is 30.3 Å². The summed E-state index contributed by atoms with van der Waals surface area (Å²) in [5.74, 6) is -2.68. The van der Waals surface area contributed by atoms with Crippen LogP contribution in [-0.4, -0.2) is 32.1 Å². The second-order valence-corrected chi connectivity index (χ2v) is 6.18. The van der Waals surface area contributed by atoms with E-state index in [0.717, 1.165) is 24.5 Å². The Morgan fingerprint density at radius 2 is 1.89 bits per heavy atom. The van der Waals surface area contributed by atoms with Crippen LogP contribution in [0, 0.1) is 5.82 Å². The van der Waals surface area contributed by atoms with Gasteiger partial charge in [-0.05, 0) is 23.8 Å². The first kappa shape index (κ1) is 20.1. The average Bonchev–Trinajstić information content (AvgIpc) is 2.99. The largest absolute Gasteiger partial charge is 0.465 e. The van der Waals surface area contributed by atoms with E-state index in [-0.39, 0.29) is 21.0 Å². The van der Waals surface area contributed by atoms with Crippen molar-refractivity contribution in [3.8, 4) is 0 Å². The van der Waals surface area contributed by atoms with Crippen molar-refractivity contribution in [1.82, 2.24) is 0 Å². The Hall–Kier alpha value is -3.20. The number of ether oxygens (including phenoxy) is 3. The van der Waals surface area contributed by atoms with Crippen LogP contribution < -0.4 is 5.73 Å². The molecule has 0 unspecified atom stereocenters. The lowest BCUT2D eigenvalue weighted by atomic mass is 10.1. The fourth-order valence-electron chi connectivity index (χ4n) is 2.17. The maximum Gasteiger partial charge on any atom is 0.348 e. The lowest BCUT2D eigenvalue weighted by Gasteiger charge is -2.06. The molecule has 0 aliphatic heterocycles. The van der Waals surface area contributed by atoms with Gasteiger partial charge in [0.25, 0.3) is 0 Å². The van der Waals surface area contributed by atoms with Gasteiger partial charge in [0.05, 0.1) is 14.2 Å². The van der Waals surface area contributed by atoms with Crippen molar-refractivity contribution in [2.24, 2.45) is 0 Å². The molecule has 0 amide bonds. The van der Waals surface area contributed by atoms with Crippen LogP contribution in [-0.2, 0) is 25.6 Å². The Labute approximate surface area is 158 Å². The van der Waals surface area contributed by atoms with E-state index in [9.17, 15) is 18.8 Å². The summed E-state index contributed by atoms with van der Waals surface area (Å²) in [5.41, 5.74) is 6.31. The monoisotopic (exact) mass is 393 g/mol. The molecule has 0 spiro atoms. The second kappa shape index (κ2) is 8.95. The van der Waals surface area contributed by atoms with Crippen LogP contribution in [0.4, 0.5) is 9.39 Å². The Balaban J connectivity index is 2.19. The number of nitrogen functional groups attached to an aromatic ring is 1. The minimum atomic E-state index is -0.764.